The molecule has 1 N–H and O–H groups in total. The van der Waals surface area contributed by atoms with Crippen LogP contribution in [0.15, 0.2) is 28.9 Å². The van der Waals surface area contributed by atoms with E-state index in [-0.39, 0.29) is 11.8 Å². The molecule has 1 aromatic carbocycles. The van der Waals surface area contributed by atoms with Crippen LogP contribution in [-0.4, -0.2) is 11.1 Å². The molecule has 0 amide bonds. The average molecular weight is 232 g/mol. The molecule has 17 heavy (non-hydrogen) atoms. The molecule has 0 aliphatic heterocycles. The molecule has 2 rings (SSSR count). The smallest absolute Gasteiger partial charge is 0.304 e. The second kappa shape index (κ2) is 3.91. The Morgan fingerprint density at radius 3 is 2.76 bits per heavy atom. The molecule has 1 aromatic heterocycles. The Kier molecular flexibility index (Phi) is 2.69. The van der Waals surface area contributed by atoms with Gasteiger partial charge >= 0.3 is 5.97 Å². The van der Waals surface area contributed by atoms with Crippen LogP contribution in [-0.2, 0) is 10.2 Å². The lowest BCUT2D eigenvalue weighted by atomic mass is 9.81. The van der Waals surface area contributed by atoms with E-state index >= 15 is 0 Å². The number of aryl methyl sites for hydroxylation is 1. The van der Waals surface area contributed by atoms with Gasteiger partial charge in [-0.05, 0) is 24.1 Å². The molecule has 2 aromatic rings. The van der Waals surface area contributed by atoms with Crippen molar-refractivity contribution in [3.8, 4) is 0 Å². The third-order valence-corrected chi connectivity index (χ3v) is 3.14. The number of furan rings is 1. The van der Waals surface area contributed by atoms with Gasteiger partial charge in [0.2, 0.25) is 0 Å². The van der Waals surface area contributed by atoms with E-state index in [4.69, 9.17) is 9.52 Å². The highest BCUT2D eigenvalue weighted by atomic mass is 16.4. The van der Waals surface area contributed by atoms with Crippen molar-refractivity contribution in [2.75, 3.05) is 0 Å². The molecule has 0 radical (unpaired) electrons. The van der Waals surface area contributed by atoms with E-state index in [0.29, 0.717) is 0 Å². The zero-order valence-corrected chi connectivity index (χ0v) is 10.3. The molecule has 0 bridgehead atoms. The van der Waals surface area contributed by atoms with Crippen molar-refractivity contribution in [2.45, 2.75) is 32.6 Å². The molecule has 0 saturated heterocycles. The molecule has 0 atom stereocenters. The van der Waals surface area contributed by atoms with Crippen molar-refractivity contribution in [1.82, 2.24) is 0 Å². The maximum Gasteiger partial charge on any atom is 0.304 e. The summed E-state index contributed by atoms with van der Waals surface area (Å²) in [5, 5.41) is 9.99. The van der Waals surface area contributed by atoms with Gasteiger partial charge in [-0.25, -0.2) is 0 Å². The van der Waals surface area contributed by atoms with Gasteiger partial charge in [-0.3, -0.25) is 4.79 Å². The monoisotopic (exact) mass is 232 g/mol. The van der Waals surface area contributed by atoms with Crippen LogP contribution >= 0.6 is 0 Å². The molecule has 0 fully saturated rings. The Bertz CT molecular complexity index is 564. The number of rotatable bonds is 3. The van der Waals surface area contributed by atoms with Crippen LogP contribution in [0.2, 0.25) is 0 Å². The Hall–Kier alpha value is -1.77. The average Bonchev–Trinajstić information content (AvgIpc) is 2.58. The highest BCUT2D eigenvalue weighted by Gasteiger charge is 2.24. The van der Waals surface area contributed by atoms with Crippen molar-refractivity contribution >= 4 is 16.9 Å². The largest absolute Gasteiger partial charge is 0.481 e. The highest BCUT2D eigenvalue weighted by Crippen LogP contribution is 2.31. The predicted molar refractivity (Wildman–Crippen MR) is 66.2 cm³/mol. The van der Waals surface area contributed by atoms with Gasteiger partial charge in [0, 0.05) is 10.8 Å². The summed E-state index contributed by atoms with van der Waals surface area (Å²) >= 11 is 0. The lowest BCUT2D eigenvalue weighted by Gasteiger charge is -2.22. The molecule has 90 valence electrons. The third-order valence-electron chi connectivity index (χ3n) is 3.14. The second-order valence-electron chi connectivity index (χ2n) is 5.08. The molecule has 0 aliphatic carbocycles. The Morgan fingerprint density at radius 1 is 1.41 bits per heavy atom. The van der Waals surface area contributed by atoms with Gasteiger partial charge in [-0.2, -0.15) is 0 Å². The minimum absolute atomic E-state index is 0.109. The zero-order chi connectivity index (χ0) is 12.6. The van der Waals surface area contributed by atoms with Crippen LogP contribution in [0.1, 0.15) is 31.4 Å². The van der Waals surface area contributed by atoms with Crippen LogP contribution in [0.5, 0.6) is 0 Å². The number of benzene rings is 1. The number of hydrogen-bond donors (Lipinski definition) is 1. The van der Waals surface area contributed by atoms with Gasteiger partial charge in [0.25, 0.3) is 0 Å². The van der Waals surface area contributed by atoms with Crippen LogP contribution in [0, 0.1) is 6.92 Å². The summed E-state index contributed by atoms with van der Waals surface area (Å²) in [6, 6.07) is 5.91. The molecular weight excluding hydrogens is 216 g/mol. The van der Waals surface area contributed by atoms with Crippen molar-refractivity contribution in [2.24, 2.45) is 0 Å². The van der Waals surface area contributed by atoms with Gasteiger partial charge in [0.15, 0.2) is 0 Å². The van der Waals surface area contributed by atoms with E-state index in [1.165, 1.54) is 0 Å². The van der Waals surface area contributed by atoms with E-state index < -0.39 is 5.97 Å². The Morgan fingerprint density at radius 2 is 2.12 bits per heavy atom. The van der Waals surface area contributed by atoms with Crippen LogP contribution in [0.3, 0.4) is 0 Å². The van der Waals surface area contributed by atoms with Crippen molar-refractivity contribution in [1.29, 1.82) is 0 Å². The lowest BCUT2D eigenvalue weighted by molar-refractivity contribution is -0.138. The van der Waals surface area contributed by atoms with Crippen LogP contribution in [0.25, 0.3) is 11.0 Å². The quantitative estimate of drug-likeness (QED) is 0.881. The third kappa shape index (κ3) is 2.18. The summed E-state index contributed by atoms with van der Waals surface area (Å²) in [4.78, 5) is 10.8. The first-order chi connectivity index (χ1) is 7.90. The molecule has 3 nitrogen and oxygen atoms in total. The van der Waals surface area contributed by atoms with E-state index in [9.17, 15) is 4.79 Å². The van der Waals surface area contributed by atoms with Crippen LogP contribution in [0.4, 0.5) is 0 Å². The van der Waals surface area contributed by atoms with Gasteiger partial charge in [-0.15, -0.1) is 0 Å². The van der Waals surface area contributed by atoms with E-state index in [0.717, 1.165) is 22.1 Å². The number of aliphatic carboxylic acids is 1. The SMILES string of the molecule is Cc1coc2cc(C(C)(C)CC(=O)O)ccc12. The Balaban J connectivity index is 2.45. The molecule has 0 unspecified atom stereocenters. The number of carbonyl (C=O) groups is 1. The minimum atomic E-state index is -0.786. The fourth-order valence-corrected chi connectivity index (χ4v) is 2.06. The Labute approximate surface area is 100 Å². The predicted octanol–water partition coefficient (Wildman–Crippen LogP) is 3.49. The van der Waals surface area contributed by atoms with Crippen LogP contribution < -0.4 is 0 Å². The summed E-state index contributed by atoms with van der Waals surface area (Å²) < 4.78 is 5.44. The number of fused-ring (bicyclic) bond motifs is 1. The normalized spacial score (nSPS) is 11.9. The molecule has 0 saturated carbocycles. The summed E-state index contributed by atoms with van der Waals surface area (Å²) in [6.45, 7) is 5.85. The summed E-state index contributed by atoms with van der Waals surface area (Å²) in [6.07, 6.45) is 1.83. The first kappa shape index (κ1) is 11.7. The standard InChI is InChI=1S/C14H16O3/c1-9-8-17-12-6-10(4-5-11(9)12)14(2,3)7-13(15)16/h4-6,8H,7H2,1-3H3,(H,15,16). The minimum Gasteiger partial charge on any atom is -0.481 e. The van der Waals surface area contributed by atoms with Crippen molar-refractivity contribution in [3.05, 3.63) is 35.6 Å². The molecule has 0 aliphatic rings. The first-order valence-electron chi connectivity index (χ1n) is 5.60. The fraction of sp³-hybridized carbons (Fsp3) is 0.357. The van der Waals surface area contributed by atoms with E-state index in [1.807, 2.05) is 39.0 Å². The zero-order valence-electron chi connectivity index (χ0n) is 10.3. The lowest BCUT2D eigenvalue weighted by Crippen LogP contribution is -2.21. The van der Waals surface area contributed by atoms with Gasteiger partial charge in [0.1, 0.15) is 5.58 Å². The maximum atomic E-state index is 10.8. The summed E-state index contributed by atoms with van der Waals surface area (Å²) in [5.41, 5.74) is 2.52. The highest BCUT2D eigenvalue weighted by molar-refractivity contribution is 5.81. The number of hydrogen-bond acceptors (Lipinski definition) is 2. The second-order valence-corrected chi connectivity index (χ2v) is 5.08. The van der Waals surface area contributed by atoms with E-state index in [2.05, 4.69) is 0 Å². The molecular formula is C14H16O3. The van der Waals surface area contributed by atoms with Crippen molar-refractivity contribution < 1.29 is 14.3 Å². The maximum absolute atomic E-state index is 10.8. The van der Waals surface area contributed by atoms with Gasteiger partial charge in [-0.1, -0.05) is 26.0 Å². The molecule has 1 heterocycles. The molecule has 3 heteroatoms. The van der Waals surface area contributed by atoms with Gasteiger partial charge in [0.05, 0.1) is 12.7 Å². The van der Waals surface area contributed by atoms with Gasteiger partial charge < -0.3 is 9.52 Å². The summed E-state index contributed by atoms with van der Waals surface area (Å²) in [5.74, 6) is -0.786. The first-order valence-corrected chi connectivity index (χ1v) is 5.60. The van der Waals surface area contributed by atoms with E-state index in [1.54, 1.807) is 6.26 Å². The fourth-order valence-electron chi connectivity index (χ4n) is 2.06. The topological polar surface area (TPSA) is 50.4 Å². The number of carboxylic acid groups (broad SMARTS) is 1. The number of carboxylic acids is 1. The molecule has 0 spiro atoms. The van der Waals surface area contributed by atoms with Crippen molar-refractivity contribution in [3.63, 3.8) is 0 Å². The summed E-state index contributed by atoms with van der Waals surface area (Å²) in [7, 11) is 0.